The highest BCUT2D eigenvalue weighted by Gasteiger charge is 2.49. The molecular formula is C142H117N5O. The van der Waals surface area contributed by atoms with Crippen molar-refractivity contribution in [2.75, 3.05) is 9.80 Å². The van der Waals surface area contributed by atoms with E-state index >= 15 is 0 Å². The van der Waals surface area contributed by atoms with Crippen molar-refractivity contribution >= 4 is 17.3 Å². The number of nitrogens with zero attached hydrogens (tertiary/aromatic N) is 5. The first-order valence-corrected chi connectivity index (χ1v) is 49.5. The number of terminal acetylenes is 2. The Morgan fingerprint density at radius 2 is 0.689 bits per heavy atom. The molecule has 9 aromatic rings. The smallest absolute Gasteiger partial charge is 0.260 e. The number of anilines is 2. The summed E-state index contributed by atoms with van der Waals surface area (Å²) in [6, 6.07) is 65.7. The number of aromatic nitrogens is 3. The molecule has 148 heavy (non-hydrogen) atoms. The quantitative estimate of drug-likeness (QED) is 0.154. The van der Waals surface area contributed by atoms with Gasteiger partial charge in [0.05, 0.1) is 28.2 Å². The van der Waals surface area contributed by atoms with E-state index in [4.69, 9.17) is 12.8 Å². The molecule has 0 radical (unpaired) electrons. The Labute approximate surface area is 885 Å². The molecular weight excluding hydrogens is 1790 g/mol. The summed E-state index contributed by atoms with van der Waals surface area (Å²) < 4.78 is 2.00. The summed E-state index contributed by atoms with van der Waals surface area (Å²) in [7, 11) is 0. The predicted molar refractivity (Wildman–Crippen MR) is 611 cm³/mol. The van der Waals surface area contributed by atoms with E-state index in [1.165, 1.54) is 78.5 Å². The highest BCUT2D eigenvalue weighted by atomic mass is 16.2. The number of carbonyl (C=O) groups is 1. The van der Waals surface area contributed by atoms with Gasteiger partial charge < -0.3 is 9.80 Å². The van der Waals surface area contributed by atoms with Crippen molar-refractivity contribution in [1.29, 1.82) is 0 Å². The first-order valence-electron chi connectivity index (χ1n) is 49.5. The molecule has 6 nitrogen and oxygen atoms in total. The molecule has 7 aliphatic rings. The Bertz CT molecular complexity index is 7940. The Morgan fingerprint density at radius 3 is 1.13 bits per heavy atom. The van der Waals surface area contributed by atoms with Crippen molar-refractivity contribution < 1.29 is 4.79 Å². The fraction of sp³-hybridized carbons (Fsp3) is 0.289. The fourth-order valence-electron chi connectivity index (χ4n) is 16.8. The number of hydrogen-bond donors (Lipinski definition) is 0. The molecule has 0 saturated heterocycles. The molecule has 3 heterocycles. The lowest BCUT2D eigenvalue weighted by Gasteiger charge is -2.39. The second-order valence-electron chi connectivity index (χ2n) is 41.2. The van der Waals surface area contributed by atoms with Crippen molar-refractivity contribution in [1.82, 2.24) is 15.0 Å². The maximum Gasteiger partial charge on any atom is 0.260 e. The average molecular weight is 1910 g/mol. The van der Waals surface area contributed by atoms with E-state index < -0.39 is 0 Å². The summed E-state index contributed by atoms with van der Waals surface area (Å²) in [6.45, 7) is 41.2. The molecule has 8 aromatic carbocycles. The van der Waals surface area contributed by atoms with Gasteiger partial charge in [0, 0.05) is 217 Å². The molecule has 5 aliphatic carbocycles. The molecule has 3 unspecified atom stereocenters. The largest absolute Gasteiger partial charge is 0.361 e. The van der Waals surface area contributed by atoms with E-state index in [2.05, 4.69) is 519 Å². The third-order valence-corrected chi connectivity index (χ3v) is 23.9. The van der Waals surface area contributed by atoms with Crippen LogP contribution in [0.4, 0.5) is 11.4 Å². The standard InChI is InChI=1S/C38H2.C20H17N3.C20H20.C19H17NO.C19H19N.C14H22.C12H20/c1-3-5-7-9-11-13-15-17-19-21-23-25-27-29-31-33-35-37-38-36-34-32-30-28-26-24-22-20-18-16-14-12-10-8-6-4-2;1-20(2,3)23-19-17-11-7-5-9-15(17)13-12-14-8-4-6-10-16(14)18(19)21-22-23;1-20(2,3)19-14-17-10-5-4-8-15(17)12-13-16-9-6-7-11-18(16)19;1-19(2,3)20-17-11-7-5-9-15(17)13-12-14-8-4-6-10-16(14)18(20)21;1-19(2,3)20-14-17-10-5-4-8-15(17)12-13-16-9-6-7-11-18(16)20;1-14(2,3)10-13-11-8-6-4-5-7-9-12(11)13;1-12(2,3)11-9-7-5-4-6-8-10-11/h1-2H;4-11H,1-3H3;4-11,19H,14H2,1-3H3;4-11H,1-3H3;4-11H,14H2,1-3H3;11-13H,6-10H2,1-3H3;11H,4-7,9H2,1-3H3/t;;;;;11-,12+,13?;. The molecule has 1 saturated carbocycles. The van der Waals surface area contributed by atoms with Crippen LogP contribution in [0, 0.1) is 337 Å². The molecule has 0 N–H and O–H groups in total. The van der Waals surface area contributed by atoms with Crippen molar-refractivity contribution in [3.63, 3.8) is 0 Å². The Balaban J connectivity index is 0.000000181. The molecule has 0 spiro atoms. The first-order chi connectivity index (χ1) is 71.2. The zero-order chi connectivity index (χ0) is 106. The average Bonchev–Trinajstić information content (AvgIpc) is 1.45. The molecule has 716 valence electrons. The number of hydrogen-bond acceptors (Lipinski definition) is 4. The fourth-order valence-corrected chi connectivity index (χ4v) is 16.8. The normalized spacial score (nSPS) is 14.4. The Kier molecular flexibility index (Phi) is 42.2. The Morgan fingerprint density at radius 1 is 0.331 bits per heavy atom. The number of rotatable bonds is 1. The molecule has 1 amide bonds. The molecule has 5 atom stereocenters. The van der Waals surface area contributed by atoms with Gasteiger partial charge in [0.2, 0.25) is 0 Å². The number of para-hydroxylation sites is 2. The van der Waals surface area contributed by atoms with Crippen molar-refractivity contribution in [2.45, 2.75) is 224 Å². The lowest BCUT2D eigenvalue weighted by atomic mass is 9.71. The molecule has 1 fully saturated rings. The molecule has 6 heteroatoms. The second kappa shape index (κ2) is 56.1. The van der Waals surface area contributed by atoms with Gasteiger partial charge in [-0.25, -0.2) is 4.68 Å². The minimum atomic E-state index is -0.320. The van der Waals surface area contributed by atoms with Gasteiger partial charge in [-0.15, -0.1) is 35.7 Å². The van der Waals surface area contributed by atoms with Crippen LogP contribution >= 0.6 is 0 Å². The number of amides is 1. The number of carbonyl (C=O) groups excluding carboxylic acids is 1. The molecule has 0 bridgehead atoms. The van der Waals surface area contributed by atoms with Gasteiger partial charge in [0.15, 0.2) is 0 Å². The molecule has 2 aliphatic heterocycles. The monoisotopic (exact) mass is 1910 g/mol. The third-order valence-electron chi connectivity index (χ3n) is 23.9. The highest BCUT2D eigenvalue weighted by molar-refractivity contribution is 6.10. The van der Waals surface area contributed by atoms with E-state index in [0.717, 1.165) is 112 Å². The van der Waals surface area contributed by atoms with Crippen molar-refractivity contribution in [2.24, 2.45) is 39.9 Å². The van der Waals surface area contributed by atoms with Crippen LogP contribution in [-0.2, 0) is 18.5 Å². The van der Waals surface area contributed by atoms with Crippen LogP contribution in [0.1, 0.15) is 266 Å². The topological polar surface area (TPSA) is 54.3 Å². The van der Waals surface area contributed by atoms with Gasteiger partial charge in [-0.05, 0) is 319 Å². The van der Waals surface area contributed by atoms with E-state index in [1.807, 2.05) is 109 Å². The predicted octanol–water partition coefficient (Wildman–Crippen LogP) is 24.7. The Hall–Kier alpha value is -18.8. The number of fused-ring (bicyclic) bond motifs is 12. The summed E-state index contributed by atoms with van der Waals surface area (Å²) in [6.07, 6.45) is 23.9. The van der Waals surface area contributed by atoms with Gasteiger partial charge in [0.25, 0.3) is 5.91 Å². The van der Waals surface area contributed by atoms with Crippen LogP contribution in [0.25, 0.3) is 22.5 Å². The maximum atomic E-state index is 13.1. The van der Waals surface area contributed by atoms with Gasteiger partial charge in [-0.2, -0.15) is 0 Å². The van der Waals surface area contributed by atoms with Crippen LogP contribution in [0.5, 0.6) is 0 Å². The third kappa shape index (κ3) is 36.0. The summed E-state index contributed by atoms with van der Waals surface area (Å²) in [5.74, 6) is 132. The van der Waals surface area contributed by atoms with E-state index in [0.29, 0.717) is 28.2 Å². The van der Waals surface area contributed by atoms with Crippen LogP contribution in [0.2, 0.25) is 0 Å². The number of benzene rings is 8. The van der Waals surface area contributed by atoms with Crippen molar-refractivity contribution in [3.8, 4) is 320 Å². The first kappa shape index (κ1) is 111. The van der Waals surface area contributed by atoms with E-state index in [1.54, 1.807) is 0 Å². The van der Waals surface area contributed by atoms with Gasteiger partial charge in [-0.3, -0.25) is 4.79 Å². The molecule has 16 rings (SSSR count). The van der Waals surface area contributed by atoms with Gasteiger partial charge in [0.1, 0.15) is 5.69 Å². The second-order valence-corrected chi connectivity index (χ2v) is 41.2. The zero-order valence-electron chi connectivity index (χ0n) is 88.1. The summed E-state index contributed by atoms with van der Waals surface area (Å²) in [4.78, 5) is 17.3. The summed E-state index contributed by atoms with van der Waals surface area (Å²) in [5, 5.41) is 8.97. The summed E-state index contributed by atoms with van der Waals surface area (Å²) in [5.41, 5.74) is 19.9. The SMILES string of the molecule is C#CC#CC#CC#CC#CC#CC#CC#CC#CC#CC#CC#CC#CC#CC#CC#CC#CC#CC#C.CC(C)(C)C1C#CCCCCC1.CC(C)(C)C1Cc2ccccc2C#Cc2ccccc21.CC(C)(C)CC1[C@H]2CCC#CCC[C@@H]12.CC(C)(C)N1C(=O)c2ccccc2C#Cc2ccccc21.CC(C)(C)N1Cc2ccccc2C#Cc2ccccc21.CC(C)(C)n1nnc2c1-c1ccccc1C#Cc1ccccc1-2. The minimum absolute atomic E-state index is 0.000417. The van der Waals surface area contributed by atoms with Crippen LogP contribution in [-0.4, -0.2) is 32.0 Å². The zero-order valence-corrected chi connectivity index (χ0v) is 88.1. The highest BCUT2D eigenvalue weighted by Crippen LogP contribution is 2.57. The van der Waals surface area contributed by atoms with Crippen molar-refractivity contribution in [3.05, 3.63) is 261 Å². The van der Waals surface area contributed by atoms with Gasteiger partial charge >= 0.3 is 0 Å². The van der Waals surface area contributed by atoms with Crippen LogP contribution in [0.3, 0.4) is 0 Å². The van der Waals surface area contributed by atoms with Crippen LogP contribution < -0.4 is 9.80 Å². The van der Waals surface area contributed by atoms with Gasteiger partial charge in [-0.1, -0.05) is 261 Å². The lowest BCUT2D eigenvalue weighted by molar-refractivity contribution is 0.0965. The van der Waals surface area contributed by atoms with E-state index in [-0.39, 0.29) is 27.9 Å². The minimum Gasteiger partial charge on any atom is -0.361 e. The lowest BCUT2D eigenvalue weighted by Crippen LogP contribution is -2.46. The van der Waals surface area contributed by atoms with E-state index in [9.17, 15) is 4.79 Å². The van der Waals surface area contributed by atoms with Crippen LogP contribution in [0.15, 0.2) is 194 Å². The maximum absolute atomic E-state index is 13.1. The summed E-state index contributed by atoms with van der Waals surface area (Å²) >= 11 is 0. The molecule has 1 aromatic heterocycles.